The van der Waals surface area contributed by atoms with E-state index in [0.717, 1.165) is 16.7 Å². The number of amides is 2. The zero-order valence-corrected chi connectivity index (χ0v) is 24.1. The van der Waals surface area contributed by atoms with Crippen molar-refractivity contribution in [2.45, 2.75) is 33.5 Å². The van der Waals surface area contributed by atoms with E-state index in [9.17, 15) is 14.4 Å². The third-order valence-electron chi connectivity index (χ3n) is 7.47. The maximum atomic E-state index is 14.1. The van der Waals surface area contributed by atoms with E-state index in [1.165, 1.54) is 4.90 Å². The molecule has 0 fully saturated rings. The van der Waals surface area contributed by atoms with Gasteiger partial charge in [-0.2, -0.15) is 0 Å². The lowest BCUT2D eigenvalue weighted by Crippen LogP contribution is -2.34. The van der Waals surface area contributed by atoms with Gasteiger partial charge in [0.05, 0.1) is 17.7 Å². The number of hydrogen-bond donors (Lipinski definition) is 0. The minimum atomic E-state index is -0.374. The average molecular weight is 577 g/mol. The molecule has 0 saturated carbocycles. The number of imide groups is 1. The van der Waals surface area contributed by atoms with Crippen molar-refractivity contribution >= 4 is 34.2 Å². The first-order valence-corrected chi connectivity index (χ1v) is 14.3. The summed E-state index contributed by atoms with van der Waals surface area (Å²) in [7, 11) is 0. The molecule has 0 bridgehead atoms. The molecule has 0 atom stereocenters. The van der Waals surface area contributed by atoms with Gasteiger partial charge in [0.25, 0.3) is 17.4 Å². The molecule has 42 heavy (non-hydrogen) atoms. The van der Waals surface area contributed by atoms with Crippen LogP contribution in [-0.2, 0) is 19.7 Å². The maximum Gasteiger partial charge on any atom is 0.261 e. The molecule has 5 aromatic rings. The van der Waals surface area contributed by atoms with Gasteiger partial charge < -0.3 is 9.30 Å². The summed E-state index contributed by atoms with van der Waals surface area (Å²) >= 11 is 6.26. The molecule has 0 spiro atoms. The van der Waals surface area contributed by atoms with Gasteiger partial charge in [0.15, 0.2) is 0 Å². The Morgan fingerprint density at radius 2 is 1.40 bits per heavy atom. The van der Waals surface area contributed by atoms with Crippen LogP contribution >= 0.6 is 11.6 Å². The monoisotopic (exact) mass is 576 g/mol. The number of carbonyl (C=O) groups excluding carboxylic acids is 2. The summed E-state index contributed by atoms with van der Waals surface area (Å²) in [5, 5.41) is 1.78. The molecule has 0 saturated heterocycles. The molecule has 0 unspecified atom stereocenters. The number of fused-ring (bicyclic) bond motifs is 2. The van der Waals surface area contributed by atoms with Crippen molar-refractivity contribution in [2.75, 3.05) is 0 Å². The Morgan fingerprint density at radius 3 is 2.05 bits per heavy atom. The van der Waals surface area contributed by atoms with Crippen molar-refractivity contribution < 1.29 is 14.3 Å². The smallest absolute Gasteiger partial charge is 0.261 e. The second-order valence-electron chi connectivity index (χ2n) is 10.9. The highest BCUT2D eigenvalue weighted by Gasteiger charge is 2.36. The van der Waals surface area contributed by atoms with E-state index >= 15 is 0 Å². The molecular formula is C35H29ClN2O4. The van der Waals surface area contributed by atoms with Gasteiger partial charge in [-0.25, -0.2) is 0 Å². The molecule has 6 rings (SSSR count). The minimum absolute atomic E-state index is 0.0582. The third kappa shape index (κ3) is 5.10. The molecule has 0 aliphatic carbocycles. The van der Waals surface area contributed by atoms with E-state index in [0.29, 0.717) is 51.5 Å². The largest absolute Gasteiger partial charge is 0.489 e. The molecule has 6 nitrogen and oxygen atoms in total. The van der Waals surface area contributed by atoms with E-state index in [1.54, 1.807) is 47.0 Å². The van der Waals surface area contributed by atoms with Gasteiger partial charge in [0, 0.05) is 33.6 Å². The van der Waals surface area contributed by atoms with Crippen molar-refractivity contribution in [3.63, 3.8) is 0 Å². The number of benzene rings is 4. The Morgan fingerprint density at radius 1 is 0.762 bits per heavy atom. The summed E-state index contributed by atoms with van der Waals surface area (Å²) in [5.74, 6) is -0.00984. The van der Waals surface area contributed by atoms with Gasteiger partial charge in [-0.3, -0.25) is 19.3 Å². The summed E-state index contributed by atoms with van der Waals surface area (Å²) in [5.41, 5.74) is 3.72. The fraction of sp³-hybridized carbons (Fsp3) is 0.171. The molecule has 1 aromatic heterocycles. The zero-order chi connectivity index (χ0) is 29.4. The van der Waals surface area contributed by atoms with E-state index in [2.05, 4.69) is 0 Å². The van der Waals surface area contributed by atoms with Crippen LogP contribution in [0.4, 0.5) is 0 Å². The summed E-state index contributed by atoms with van der Waals surface area (Å²) in [4.78, 5) is 42.2. The quantitative estimate of drug-likeness (QED) is 0.181. The third-order valence-corrected chi connectivity index (χ3v) is 7.72. The van der Waals surface area contributed by atoms with Crippen LogP contribution in [0.2, 0.25) is 5.02 Å². The lowest BCUT2D eigenvalue weighted by atomic mass is 9.95. The van der Waals surface area contributed by atoms with Gasteiger partial charge in [0.2, 0.25) is 0 Å². The highest BCUT2D eigenvalue weighted by atomic mass is 35.5. The summed E-state index contributed by atoms with van der Waals surface area (Å²) < 4.78 is 7.86. The van der Waals surface area contributed by atoms with Crippen molar-refractivity contribution in [1.29, 1.82) is 0 Å². The fourth-order valence-corrected chi connectivity index (χ4v) is 5.63. The van der Waals surface area contributed by atoms with Gasteiger partial charge in [-0.05, 0) is 59.5 Å². The van der Waals surface area contributed by atoms with Crippen LogP contribution in [0.1, 0.15) is 45.8 Å². The first-order chi connectivity index (χ1) is 20.3. The SMILES string of the molecule is CC(C)Cn1c(CN2C(=O)c3ccccc3C2=O)c(-c2ccc(Cl)cc2)c2cc(OCc3ccccc3)ccc2c1=O. The molecule has 1 aliphatic heterocycles. The van der Waals surface area contributed by atoms with E-state index in [-0.39, 0.29) is 29.8 Å². The van der Waals surface area contributed by atoms with E-state index in [4.69, 9.17) is 16.3 Å². The first-order valence-electron chi connectivity index (χ1n) is 13.9. The molecule has 2 amide bonds. The molecule has 4 aromatic carbocycles. The number of rotatable bonds is 8. The van der Waals surface area contributed by atoms with Crippen LogP contribution in [0, 0.1) is 5.92 Å². The first kappa shape index (κ1) is 27.5. The molecule has 7 heteroatoms. The topological polar surface area (TPSA) is 68.6 Å². The predicted molar refractivity (Wildman–Crippen MR) is 165 cm³/mol. The Kier molecular flexibility index (Phi) is 7.40. The van der Waals surface area contributed by atoms with Crippen LogP contribution in [0.15, 0.2) is 102 Å². The molecule has 2 heterocycles. The Labute approximate surface area is 248 Å². The Hall–Kier alpha value is -4.68. The van der Waals surface area contributed by atoms with Gasteiger partial charge in [-0.1, -0.05) is 80.0 Å². The number of halogens is 1. The normalized spacial score (nSPS) is 12.8. The number of carbonyl (C=O) groups is 2. The van der Waals surface area contributed by atoms with Crippen molar-refractivity contribution in [2.24, 2.45) is 5.92 Å². The van der Waals surface area contributed by atoms with Crippen molar-refractivity contribution in [3.8, 4) is 16.9 Å². The number of aromatic nitrogens is 1. The average Bonchev–Trinajstić information content (AvgIpc) is 3.24. The van der Waals surface area contributed by atoms with Crippen LogP contribution in [-0.4, -0.2) is 21.3 Å². The molecule has 0 radical (unpaired) electrons. The molecular weight excluding hydrogens is 548 g/mol. The van der Waals surface area contributed by atoms with Crippen molar-refractivity contribution in [3.05, 3.63) is 135 Å². The van der Waals surface area contributed by atoms with Gasteiger partial charge in [-0.15, -0.1) is 0 Å². The van der Waals surface area contributed by atoms with Gasteiger partial charge >= 0.3 is 0 Å². The highest BCUT2D eigenvalue weighted by molar-refractivity contribution is 6.30. The van der Waals surface area contributed by atoms with E-state index < -0.39 is 0 Å². The second kappa shape index (κ2) is 11.3. The predicted octanol–water partition coefficient (Wildman–Crippen LogP) is 7.35. The lowest BCUT2D eigenvalue weighted by Gasteiger charge is -2.24. The fourth-order valence-electron chi connectivity index (χ4n) is 5.50. The van der Waals surface area contributed by atoms with Crippen molar-refractivity contribution in [1.82, 2.24) is 9.47 Å². The summed E-state index contributed by atoms with van der Waals surface area (Å²) in [6, 6.07) is 29.5. The van der Waals surface area contributed by atoms with Crippen LogP contribution < -0.4 is 10.3 Å². The number of hydrogen-bond acceptors (Lipinski definition) is 4. The Balaban J connectivity index is 1.55. The number of pyridine rings is 1. The number of nitrogens with zero attached hydrogens (tertiary/aromatic N) is 2. The molecule has 210 valence electrons. The molecule has 0 N–H and O–H groups in total. The summed E-state index contributed by atoms with van der Waals surface area (Å²) in [6.07, 6.45) is 0. The Bertz CT molecular complexity index is 1840. The van der Waals surface area contributed by atoms with E-state index in [1.807, 2.05) is 68.4 Å². The summed E-state index contributed by atoms with van der Waals surface area (Å²) in [6.45, 7) is 4.79. The van der Waals surface area contributed by atoms with Crippen LogP contribution in [0.5, 0.6) is 5.75 Å². The van der Waals surface area contributed by atoms with Gasteiger partial charge in [0.1, 0.15) is 12.4 Å². The van der Waals surface area contributed by atoms with Crippen LogP contribution in [0.25, 0.3) is 21.9 Å². The highest BCUT2D eigenvalue weighted by Crippen LogP contribution is 2.36. The zero-order valence-electron chi connectivity index (χ0n) is 23.3. The number of ether oxygens (including phenoxy) is 1. The van der Waals surface area contributed by atoms with Crippen LogP contribution in [0.3, 0.4) is 0 Å². The minimum Gasteiger partial charge on any atom is -0.489 e. The lowest BCUT2D eigenvalue weighted by molar-refractivity contribution is 0.0638. The maximum absolute atomic E-state index is 14.1. The standard InChI is InChI=1S/C35H29ClN2O4/c1-22(2)19-37-31(20-38-34(40)27-10-6-7-11-28(27)35(38)41)32(24-12-14-25(36)15-13-24)30-18-26(16-17-29(30)33(37)39)42-21-23-8-4-3-5-9-23/h3-18,22H,19-21H2,1-2H3. The molecule has 1 aliphatic rings. The second-order valence-corrected chi connectivity index (χ2v) is 11.3.